The molecule has 1 aliphatic rings. The first-order valence-electron chi connectivity index (χ1n) is 10.7. The Bertz CT molecular complexity index is 1150. The molecule has 0 amide bonds. The summed E-state index contributed by atoms with van der Waals surface area (Å²) in [7, 11) is 0. The molecule has 0 unspecified atom stereocenters. The normalized spacial score (nSPS) is 12.9. The highest BCUT2D eigenvalue weighted by molar-refractivity contribution is 6.31. The number of hydrogen-bond acceptors (Lipinski definition) is 4. The van der Waals surface area contributed by atoms with Gasteiger partial charge in [-0.15, -0.1) is 0 Å². The largest absolute Gasteiger partial charge is 0.478 e. The fourth-order valence-corrected chi connectivity index (χ4v) is 3.85. The van der Waals surface area contributed by atoms with Gasteiger partial charge in [-0.2, -0.15) is 0 Å². The molecule has 0 saturated carbocycles. The standard InChI is InChI=1S/C25H25ClN2O4/c1-2-3-8-24-27-20(13-17-6-4-5-7-19(17)26)21(28-24)14-18(25(29)30)11-16-9-10-22-23(12-16)32-15-31-22/h4-7,9-10,12,14H,2-3,8,11,13,15H2,1H3,(H,27,28)(H,29,30)/b18-14+. The van der Waals surface area contributed by atoms with E-state index in [0.717, 1.165) is 41.9 Å². The van der Waals surface area contributed by atoms with Crippen LogP contribution in [0.3, 0.4) is 0 Å². The van der Waals surface area contributed by atoms with Gasteiger partial charge in [0.05, 0.1) is 11.4 Å². The van der Waals surface area contributed by atoms with Gasteiger partial charge in [-0.1, -0.05) is 49.2 Å². The van der Waals surface area contributed by atoms with Gasteiger partial charge < -0.3 is 19.6 Å². The van der Waals surface area contributed by atoms with Crippen molar-refractivity contribution in [2.45, 2.75) is 39.0 Å². The van der Waals surface area contributed by atoms with Gasteiger partial charge in [0, 0.05) is 29.9 Å². The molecule has 3 aromatic rings. The van der Waals surface area contributed by atoms with Gasteiger partial charge >= 0.3 is 5.97 Å². The van der Waals surface area contributed by atoms with E-state index in [9.17, 15) is 9.90 Å². The number of unbranched alkanes of at least 4 members (excludes halogenated alkanes) is 1. The molecule has 2 N–H and O–H groups in total. The van der Waals surface area contributed by atoms with Crippen molar-refractivity contribution in [1.29, 1.82) is 0 Å². The topological polar surface area (TPSA) is 84.4 Å². The monoisotopic (exact) mass is 452 g/mol. The van der Waals surface area contributed by atoms with Crippen LogP contribution in [0.25, 0.3) is 6.08 Å². The van der Waals surface area contributed by atoms with Gasteiger partial charge in [-0.3, -0.25) is 0 Å². The molecule has 0 spiro atoms. The third kappa shape index (κ3) is 5.14. The van der Waals surface area contributed by atoms with E-state index in [2.05, 4.69) is 11.9 Å². The number of aryl methyl sites for hydroxylation is 1. The van der Waals surface area contributed by atoms with E-state index in [1.807, 2.05) is 36.4 Å². The summed E-state index contributed by atoms with van der Waals surface area (Å²) in [4.78, 5) is 20.2. The number of carbonyl (C=O) groups is 1. The highest BCUT2D eigenvalue weighted by Crippen LogP contribution is 2.33. The summed E-state index contributed by atoms with van der Waals surface area (Å²) >= 11 is 6.36. The van der Waals surface area contributed by atoms with E-state index in [1.54, 1.807) is 12.1 Å². The number of aromatic nitrogens is 2. The molecule has 1 aliphatic heterocycles. The molecule has 6 nitrogen and oxygen atoms in total. The van der Waals surface area contributed by atoms with Crippen LogP contribution in [0.5, 0.6) is 11.5 Å². The van der Waals surface area contributed by atoms with Crippen LogP contribution < -0.4 is 9.47 Å². The SMILES string of the molecule is CCCCc1nc(Cc2ccccc2Cl)c(/C=C(\Cc2ccc3c(c2)OCO3)C(=O)O)[nH]1. The Labute approximate surface area is 191 Å². The first-order chi connectivity index (χ1) is 15.5. The minimum absolute atomic E-state index is 0.181. The number of benzene rings is 2. The summed E-state index contributed by atoms with van der Waals surface area (Å²) in [5, 5.41) is 10.5. The minimum Gasteiger partial charge on any atom is -0.478 e. The highest BCUT2D eigenvalue weighted by atomic mass is 35.5. The van der Waals surface area contributed by atoms with Crippen molar-refractivity contribution in [2.75, 3.05) is 6.79 Å². The first kappa shape index (κ1) is 22.0. The predicted molar refractivity (Wildman–Crippen MR) is 123 cm³/mol. The Balaban J connectivity index is 1.66. The molecule has 1 aromatic heterocycles. The van der Waals surface area contributed by atoms with Gasteiger partial charge in [0.25, 0.3) is 0 Å². The van der Waals surface area contributed by atoms with Crippen LogP contribution in [0.1, 0.15) is 48.1 Å². The quantitative estimate of drug-likeness (QED) is 0.422. The van der Waals surface area contributed by atoms with Crippen molar-refractivity contribution in [3.05, 3.63) is 81.4 Å². The van der Waals surface area contributed by atoms with Crippen molar-refractivity contribution in [1.82, 2.24) is 9.97 Å². The van der Waals surface area contributed by atoms with Crippen molar-refractivity contribution < 1.29 is 19.4 Å². The molecule has 7 heteroatoms. The van der Waals surface area contributed by atoms with E-state index in [4.69, 9.17) is 26.1 Å². The second kappa shape index (κ2) is 9.92. The number of fused-ring (bicyclic) bond motifs is 1. The fraction of sp³-hybridized carbons (Fsp3) is 0.280. The number of H-pyrrole nitrogens is 1. The Morgan fingerprint density at radius 1 is 1.22 bits per heavy atom. The van der Waals surface area contributed by atoms with E-state index in [1.165, 1.54) is 0 Å². The number of carboxylic acid groups (broad SMARTS) is 1. The maximum atomic E-state index is 12.1. The lowest BCUT2D eigenvalue weighted by atomic mass is 10.0. The van der Waals surface area contributed by atoms with Crippen LogP contribution >= 0.6 is 11.6 Å². The van der Waals surface area contributed by atoms with Gasteiger partial charge in [0.15, 0.2) is 11.5 Å². The Kier molecular flexibility index (Phi) is 6.81. The van der Waals surface area contributed by atoms with Crippen molar-refractivity contribution >= 4 is 23.6 Å². The number of carboxylic acids is 1. The number of aromatic amines is 1. The number of nitrogens with one attached hydrogen (secondary N) is 1. The number of ether oxygens (including phenoxy) is 2. The maximum Gasteiger partial charge on any atom is 0.331 e. The summed E-state index contributed by atoms with van der Waals surface area (Å²) < 4.78 is 10.8. The molecular weight excluding hydrogens is 428 g/mol. The average Bonchev–Trinajstić information content (AvgIpc) is 3.39. The molecule has 0 fully saturated rings. The zero-order valence-electron chi connectivity index (χ0n) is 17.9. The van der Waals surface area contributed by atoms with Crippen LogP contribution in [0.15, 0.2) is 48.0 Å². The predicted octanol–water partition coefficient (Wildman–Crippen LogP) is 5.44. The summed E-state index contributed by atoms with van der Waals surface area (Å²) in [5.74, 6) is 1.19. The molecule has 32 heavy (non-hydrogen) atoms. The Morgan fingerprint density at radius 2 is 2.03 bits per heavy atom. The molecule has 0 bridgehead atoms. The third-order valence-electron chi connectivity index (χ3n) is 5.37. The molecule has 0 atom stereocenters. The number of nitrogens with zero attached hydrogens (tertiary/aromatic N) is 1. The summed E-state index contributed by atoms with van der Waals surface area (Å²) in [6.07, 6.45) is 5.32. The second-order valence-electron chi connectivity index (χ2n) is 7.75. The van der Waals surface area contributed by atoms with E-state index < -0.39 is 5.97 Å². The first-order valence-corrected chi connectivity index (χ1v) is 11.0. The van der Waals surface area contributed by atoms with E-state index in [0.29, 0.717) is 28.6 Å². The maximum absolute atomic E-state index is 12.1. The number of hydrogen-bond donors (Lipinski definition) is 2. The van der Waals surface area contributed by atoms with Crippen molar-refractivity contribution in [3.63, 3.8) is 0 Å². The lowest BCUT2D eigenvalue weighted by Crippen LogP contribution is -2.05. The Morgan fingerprint density at radius 3 is 2.81 bits per heavy atom. The fourth-order valence-electron chi connectivity index (χ4n) is 3.65. The summed E-state index contributed by atoms with van der Waals surface area (Å²) in [5.41, 5.74) is 3.53. The minimum atomic E-state index is -0.976. The molecule has 0 saturated heterocycles. The second-order valence-corrected chi connectivity index (χ2v) is 8.16. The molecule has 0 aliphatic carbocycles. The van der Waals surface area contributed by atoms with Crippen LogP contribution in [0, 0.1) is 0 Å². The summed E-state index contributed by atoms with van der Waals surface area (Å²) in [6, 6.07) is 13.1. The molecule has 0 radical (unpaired) electrons. The van der Waals surface area contributed by atoms with Crippen LogP contribution in [0.2, 0.25) is 5.02 Å². The third-order valence-corrected chi connectivity index (χ3v) is 5.74. The molecule has 4 rings (SSSR count). The van der Waals surface area contributed by atoms with Crippen LogP contribution in [-0.4, -0.2) is 27.8 Å². The van der Waals surface area contributed by atoms with Gasteiger partial charge in [0.1, 0.15) is 5.82 Å². The van der Waals surface area contributed by atoms with E-state index >= 15 is 0 Å². The van der Waals surface area contributed by atoms with Gasteiger partial charge in [-0.25, -0.2) is 9.78 Å². The lowest BCUT2D eigenvalue weighted by molar-refractivity contribution is -0.132. The average molecular weight is 453 g/mol. The number of rotatable bonds is 9. The smallest absolute Gasteiger partial charge is 0.331 e. The zero-order valence-corrected chi connectivity index (χ0v) is 18.6. The van der Waals surface area contributed by atoms with Crippen LogP contribution in [0.4, 0.5) is 0 Å². The zero-order chi connectivity index (χ0) is 22.5. The molecule has 2 aromatic carbocycles. The van der Waals surface area contributed by atoms with Crippen LogP contribution in [-0.2, 0) is 24.1 Å². The van der Waals surface area contributed by atoms with Gasteiger partial charge in [0.2, 0.25) is 6.79 Å². The lowest BCUT2D eigenvalue weighted by Gasteiger charge is -2.06. The Hall–Kier alpha value is -3.25. The highest BCUT2D eigenvalue weighted by Gasteiger charge is 2.18. The molecule has 2 heterocycles. The number of aliphatic carboxylic acids is 1. The van der Waals surface area contributed by atoms with Crippen molar-refractivity contribution in [2.24, 2.45) is 0 Å². The van der Waals surface area contributed by atoms with Crippen molar-refractivity contribution in [3.8, 4) is 11.5 Å². The number of imidazole rings is 1. The van der Waals surface area contributed by atoms with E-state index in [-0.39, 0.29) is 18.8 Å². The molecule has 166 valence electrons. The summed E-state index contributed by atoms with van der Waals surface area (Å²) in [6.45, 7) is 2.31. The molecular formula is C25H25ClN2O4. The number of halogens is 1. The van der Waals surface area contributed by atoms with Gasteiger partial charge in [-0.05, 0) is 41.8 Å².